The van der Waals surface area contributed by atoms with Gasteiger partial charge in [-0.2, -0.15) is 11.8 Å². The Morgan fingerprint density at radius 2 is 1.88 bits per heavy atom. The molecule has 0 spiro atoms. The second-order valence-corrected chi connectivity index (χ2v) is 6.83. The van der Waals surface area contributed by atoms with Crippen molar-refractivity contribution in [3.05, 3.63) is 0 Å². The monoisotopic (exact) mass is 261 g/mol. The van der Waals surface area contributed by atoms with Crippen LogP contribution in [0.25, 0.3) is 0 Å². The Bertz CT molecular complexity index is 147. The van der Waals surface area contributed by atoms with Crippen LogP contribution >= 0.6 is 23.5 Å². The molecule has 3 heteroatoms. The number of rotatable bonds is 10. The van der Waals surface area contributed by atoms with Gasteiger partial charge in [0.2, 0.25) is 0 Å². The van der Waals surface area contributed by atoms with Gasteiger partial charge in [0.25, 0.3) is 0 Å². The first-order valence-corrected chi connectivity index (χ1v) is 9.12. The maximum absolute atomic E-state index is 2.60. The average Bonchev–Trinajstić information content (AvgIpc) is 2.80. The first kappa shape index (κ1) is 14.7. The molecule has 1 saturated heterocycles. The molecule has 0 N–H and O–H groups in total. The molecule has 0 unspecified atom stereocenters. The molecule has 0 aromatic rings. The summed E-state index contributed by atoms with van der Waals surface area (Å²) in [7, 11) is 0. The van der Waals surface area contributed by atoms with Gasteiger partial charge in [0.05, 0.1) is 0 Å². The number of hydrogen-bond donors (Lipinski definition) is 0. The highest BCUT2D eigenvalue weighted by molar-refractivity contribution is 7.99. The van der Waals surface area contributed by atoms with Crippen molar-refractivity contribution >= 4 is 23.5 Å². The number of unbranched alkanes of at least 4 members (excludes halogenated alkanes) is 4. The van der Waals surface area contributed by atoms with E-state index in [2.05, 4.69) is 35.3 Å². The smallest absolute Gasteiger partial charge is 0.0445 e. The fraction of sp³-hybridized carbons (Fsp3) is 1.00. The van der Waals surface area contributed by atoms with Gasteiger partial charge in [-0.05, 0) is 37.3 Å². The Morgan fingerprint density at radius 3 is 2.62 bits per heavy atom. The Kier molecular flexibility index (Phi) is 9.93. The zero-order valence-corrected chi connectivity index (χ0v) is 12.4. The predicted molar refractivity (Wildman–Crippen MR) is 79.6 cm³/mol. The molecule has 0 aliphatic carbocycles. The number of nitrogens with zero attached hydrogens (tertiary/aromatic N) is 1. The summed E-state index contributed by atoms with van der Waals surface area (Å²) in [5.74, 6) is 5.40. The molecule has 1 aliphatic heterocycles. The third kappa shape index (κ3) is 7.86. The minimum Gasteiger partial charge on any atom is -0.293 e. The van der Waals surface area contributed by atoms with E-state index in [0.717, 1.165) is 0 Å². The molecule has 0 aromatic heterocycles. The summed E-state index contributed by atoms with van der Waals surface area (Å²) in [6.07, 6.45) is 8.48. The normalized spacial score (nSPS) is 17.1. The molecule has 1 nitrogen and oxygen atoms in total. The first-order valence-electron chi connectivity index (χ1n) is 6.81. The summed E-state index contributed by atoms with van der Waals surface area (Å²) in [6, 6.07) is 0. The van der Waals surface area contributed by atoms with E-state index in [1.54, 1.807) is 0 Å². The standard InChI is InChI=1S/C13H27NS2/c1-2-3-10-15-11-7-5-4-6-8-14-9-12-16-13-14/h2-13H2,1H3. The minimum atomic E-state index is 1.28. The summed E-state index contributed by atoms with van der Waals surface area (Å²) in [4.78, 5) is 2.60. The van der Waals surface area contributed by atoms with Crippen molar-refractivity contribution in [2.24, 2.45) is 0 Å². The number of thioether (sulfide) groups is 2. The van der Waals surface area contributed by atoms with Crippen LogP contribution in [0.2, 0.25) is 0 Å². The molecule has 0 amide bonds. The van der Waals surface area contributed by atoms with Gasteiger partial charge >= 0.3 is 0 Å². The van der Waals surface area contributed by atoms with Gasteiger partial charge in [-0.3, -0.25) is 4.90 Å². The van der Waals surface area contributed by atoms with Crippen molar-refractivity contribution < 1.29 is 0 Å². The van der Waals surface area contributed by atoms with Crippen LogP contribution in [0.15, 0.2) is 0 Å². The molecule has 1 fully saturated rings. The predicted octanol–water partition coefficient (Wildman–Crippen LogP) is 4.09. The lowest BCUT2D eigenvalue weighted by Gasteiger charge is -2.12. The van der Waals surface area contributed by atoms with E-state index in [-0.39, 0.29) is 0 Å². The van der Waals surface area contributed by atoms with Crippen molar-refractivity contribution in [2.75, 3.05) is 36.2 Å². The van der Waals surface area contributed by atoms with E-state index < -0.39 is 0 Å². The first-order chi connectivity index (χ1) is 7.93. The molecule has 1 heterocycles. The molecule has 16 heavy (non-hydrogen) atoms. The van der Waals surface area contributed by atoms with Crippen LogP contribution in [0.1, 0.15) is 45.4 Å². The Labute approximate surface area is 110 Å². The zero-order chi connectivity index (χ0) is 11.5. The van der Waals surface area contributed by atoms with Crippen LogP contribution in [0.4, 0.5) is 0 Å². The summed E-state index contributed by atoms with van der Waals surface area (Å²) in [5.41, 5.74) is 0. The van der Waals surface area contributed by atoms with Gasteiger partial charge in [-0.1, -0.05) is 26.2 Å². The highest BCUT2D eigenvalue weighted by atomic mass is 32.2. The third-order valence-electron chi connectivity index (χ3n) is 2.98. The third-order valence-corrected chi connectivity index (χ3v) is 5.15. The van der Waals surface area contributed by atoms with Gasteiger partial charge < -0.3 is 0 Å². The van der Waals surface area contributed by atoms with Gasteiger partial charge in [0, 0.05) is 18.2 Å². The molecule has 96 valence electrons. The second kappa shape index (κ2) is 10.8. The van der Waals surface area contributed by atoms with Crippen molar-refractivity contribution in [1.82, 2.24) is 4.90 Å². The fourth-order valence-electron chi connectivity index (χ4n) is 1.87. The minimum absolute atomic E-state index is 1.28. The zero-order valence-electron chi connectivity index (χ0n) is 10.7. The van der Waals surface area contributed by atoms with Gasteiger partial charge in [0.1, 0.15) is 0 Å². The van der Waals surface area contributed by atoms with E-state index in [9.17, 15) is 0 Å². The molecule has 0 aromatic carbocycles. The largest absolute Gasteiger partial charge is 0.293 e. The molecule has 1 rings (SSSR count). The summed E-state index contributed by atoms with van der Waals surface area (Å²) >= 11 is 4.23. The molecule has 0 saturated carbocycles. The maximum atomic E-state index is 2.60. The molecular formula is C13H27NS2. The topological polar surface area (TPSA) is 3.24 Å². The fourth-order valence-corrected chi connectivity index (χ4v) is 4.01. The van der Waals surface area contributed by atoms with Crippen LogP contribution in [-0.2, 0) is 0 Å². The van der Waals surface area contributed by atoms with Gasteiger partial charge in [-0.15, -0.1) is 11.8 Å². The lowest BCUT2D eigenvalue weighted by atomic mass is 10.2. The molecule has 1 aliphatic rings. The second-order valence-electron chi connectivity index (χ2n) is 4.54. The van der Waals surface area contributed by atoms with E-state index in [1.165, 1.54) is 74.7 Å². The van der Waals surface area contributed by atoms with Gasteiger partial charge in [0.15, 0.2) is 0 Å². The molecule has 0 bridgehead atoms. The SMILES string of the molecule is CCCCSCCCCCCN1CCSC1. The maximum Gasteiger partial charge on any atom is 0.0445 e. The molecule has 0 atom stereocenters. The van der Waals surface area contributed by atoms with Gasteiger partial charge in [-0.25, -0.2) is 0 Å². The van der Waals surface area contributed by atoms with Crippen LogP contribution in [0.5, 0.6) is 0 Å². The Morgan fingerprint density at radius 1 is 1.06 bits per heavy atom. The average molecular weight is 261 g/mol. The van der Waals surface area contributed by atoms with Crippen molar-refractivity contribution in [3.63, 3.8) is 0 Å². The van der Waals surface area contributed by atoms with E-state index in [4.69, 9.17) is 0 Å². The van der Waals surface area contributed by atoms with Crippen LogP contribution < -0.4 is 0 Å². The summed E-state index contributed by atoms with van der Waals surface area (Å²) in [5, 5.41) is 0. The van der Waals surface area contributed by atoms with Crippen LogP contribution in [-0.4, -0.2) is 41.1 Å². The number of hydrogen-bond acceptors (Lipinski definition) is 3. The quantitative estimate of drug-likeness (QED) is 0.545. The molecule has 0 radical (unpaired) electrons. The van der Waals surface area contributed by atoms with Crippen molar-refractivity contribution in [1.29, 1.82) is 0 Å². The van der Waals surface area contributed by atoms with E-state index in [1.807, 2.05) is 0 Å². The van der Waals surface area contributed by atoms with Crippen molar-refractivity contribution in [3.8, 4) is 0 Å². The lowest BCUT2D eigenvalue weighted by Crippen LogP contribution is -2.20. The highest BCUT2D eigenvalue weighted by Crippen LogP contribution is 2.14. The Hall–Kier alpha value is 0.660. The summed E-state index contributed by atoms with van der Waals surface area (Å²) < 4.78 is 0. The van der Waals surface area contributed by atoms with E-state index >= 15 is 0 Å². The van der Waals surface area contributed by atoms with E-state index in [0.29, 0.717) is 0 Å². The lowest BCUT2D eigenvalue weighted by molar-refractivity contribution is 0.344. The van der Waals surface area contributed by atoms with Crippen molar-refractivity contribution in [2.45, 2.75) is 45.4 Å². The highest BCUT2D eigenvalue weighted by Gasteiger charge is 2.10. The van der Waals surface area contributed by atoms with Crippen LogP contribution in [0.3, 0.4) is 0 Å². The summed E-state index contributed by atoms with van der Waals surface area (Å²) in [6.45, 7) is 4.95. The Balaban J connectivity index is 1.71. The molecular weight excluding hydrogens is 234 g/mol. The van der Waals surface area contributed by atoms with Crippen LogP contribution in [0, 0.1) is 0 Å².